The van der Waals surface area contributed by atoms with Crippen molar-refractivity contribution in [2.24, 2.45) is 0 Å². The van der Waals surface area contributed by atoms with Crippen LogP contribution in [0.3, 0.4) is 0 Å². The minimum Gasteiger partial charge on any atom is -0.313 e. The van der Waals surface area contributed by atoms with Gasteiger partial charge in [-0.3, -0.25) is 19.3 Å². The number of hydrogen-bond donors (Lipinski definition) is 0. The maximum absolute atomic E-state index is 12.4. The van der Waals surface area contributed by atoms with Gasteiger partial charge < -0.3 is 4.90 Å². The Kier molecular flexibility index (Phi) is 4.96. The number of carbonyl (C=O) groups excluding carboxylic acids is 3. The second-order valence-electron chi connectivity index (χ2n) is 5.67. The number of likely N-dealkylation sites (tertiary alicyclic amines) is 1. The lowest BCUT2D eigenvalue weighted by Gasteiger charge is -2.23. The van der Waals surface area contributed by atoms with E-state index in [0.29, 0.717) is 6.54 Å². The number of rotatable bonds is 5. The van der Waals surface area contributed by atoms with Crippen LogP contribution in [0.25, 0.3) is 0 Å². The smallest absolute Gasteiger partial charge is 0.229 e. The summed E-state index contributed by atoms with van der Waals surface area (Å²) in [6.45, 7) is 6.65. The third-order valence-electron chi connectivity index (χ3n) is 3.84. The molecule has 1 fully saturated rings. The molecule has 1 heterocycles. The molecule has 0 aliphatic carbocycles. The second kappa shape index (κ2) is 6.73. The maximum atomic E-state index is 12.4. The van der Waals surface area contributed by atoms with Gasteiger partial charge in [-0.05, 0) is 44.0 Å². The predicted octanol–water partition coefficient (Wildman–Crippen LogP) is 2.20. The highest BCUT2D eigenvalue weighted by molar-refractivity contribution is 6.02. The molecule has 1 aliphatic rings. The van der Waals surface area contributed by atoms with Crippen LogP contribution in [-0.4, -0.2) is 35.7 Å². The molecule has 1 aromatic rings. The van der Waals surface area contributed by atoms with Gasteiger partial charge in [-0.2, -0.15) is 0 Å². The first-order chi connectivity index (χ1) is 10.4. The highest BCUT2D eigenvalue weighted by atomic mass is 16.2. The van der Waals surface area contributed by atoms with E-state index < -0.39 is 0 Å². The molecule has 1 saturated heterocycles. The minimum absolute atomic E-state index is 0.0694. The molecule has 0 unspecified atom stereocenters. The molecule has 0 aromatic heterocycles. The predicted molar refractivity (Wildman–Crippen MR) is 84.5 cm³/mol. The molecule has 0 radical (unpaired) electrons. The van der Waals surface area contributed by atoms with Gasteiger partial charge in [-0.25, -0.2) is 0 Å². The Morgan fingerprint density at radius 3 is 2.14 bits per heavy atom. The zero-order valence-electron chi connectivity index (χ0n) is 13.4. The van der Waals surface area contributed by atoms with E-state index in [-0.39, 0.29) is 43.5 Å². The van der Waals surface area contributed by atoms with Gasteiger partial charge >= 0.3 is 0 Å². The Morgan fingerprint density at radius 2 is 1.64 bits per heavy atom. The Hall–Kier alpha value is -2.17. The quantitative estimate of drug-likeness (QED) is 0.783. The summed E-state index contributed by atoms with van der Waals surface area (Å²) in [6.07, 6.45) is 0.696. The van der Waals surface area contributed by atoms with E-state index in [1.165, 1.54) is 4.90 Å². The van der Waals surface area contributed by atoms with Crippen LogP contribution in [0.15, 0.2) is 18.2 Å². The zero-order chi connectivity index (χ0) is 16.3. The van der Waals surface area contributed by atoms with E-state index in [4.69, 9.17) is 0 Å². The molecule has 5 nitrogen and oxygen atoms in total. The third kappa shape index (κ3) is 3.53. The van der Waals surface area contributed by atoms with Crippen molar-refractivity contribution in [3.63, 3.8) is 0 Å². The minimum atomic E-state index is -0.174. The van der Waals surface area contributed by atoms with Crippen molar-refractivity contribution >= 4 is 23.4 Å². The van der Waals surface area contributed by atoms with Gasteiger partial charge in [0.15, 0.2) is 0 Å². The summed E-state index contributed by atoms with van der Waals surface area (Å²) in [4.78, 5) is 38.5. The zero-order valence-corrected chi connectivity index (χ0v) is 13.4. The Labute approximate surface area is 130 Å². The molecule has 0 spiro atoms. The molecule has 0 atom stereocenters. The summed E-state index contributed by atoms with van der Waals surface area (Å²) in [6, 6.07) is 6.00. The van der Waals surface area contributed by atoms with Crippen molar-refractivity contribution in [2.75, 3.05) is 18.0 Å². The van der Waals surface area contributed by atoms with Gasteiger partial charge in [0.2, 0.25) is 17.7 Å². The molecule has 5 heteroatoms. The van der Waals surface area contributed by atoms with Gasteiger partial charge in [0.25, 0.3) is 0 Å². The van der Waals surface area contributed by atoms with Crippen LogP contribution in [0.1, 0.15) is 37.3 Å². The standard InChI is InChI=1S/C17H22N2O3/c1-4-18(14-10-12(2)9-13(3)11-14)17(22)7-8-19-15(20)5-6-16(19)21/h9-11H,4-8H2,1-3H3. The van der Waals surface area contributed by atoms with Crippen molar-refractivity contribution in [1.29, 1.82) is 0 Å². The topological polar surface area (TPSA) is 57.7 Å². The second-order valence-corrected chi connectivity index (χ2v) is 5.67. The average Bonchev–Trinajstić information content (AvgIpc) is 2.75. The Balaban J connectivity index is 2.06. The average molecular weight is 302 g/mol. The van der Waals surface area contributed by atoms with Crippen molar-refractivity contribution in [3.05, 3.63) is 29.3 Å². The van der Waals surface area contributed by atoms with Crippen LogP contribution in [0.5, 0.6) is 0 Å². The van der Waals surface area contributed by atoms with Crippen LogP contribution >= 0.6 is 0 Å². The van der Waals surface area contributed by atoms with Gasteiger partial charge in [0.1, 0.15) is 0 Å². The molecule has 0 saturated carbocycles. The Bertz CT molecular complexity index is 574. The molecule has 1 aromatic carbocycles. The summed E-state index contributed by atoms with van der Waals surface area (Å²) in [7, 11) is 0. The largest absolute Gasteiger partial charge is 0.313 e. The first-order valence-electron chi connectivity index (χ1n) is 7.64. The molecule has 3 amide bonds. The summed E-state index contributed by atoms with van der Waals surface area (Å²) < 4.78 is 0. The molecule has 22 heavy (non-hydrogen) atoms. The summed E-state index contributed by atoms with van der Waals surface area (Å²) in [5.74, 6) is -0.417. The Morgan fingerprint density at radius 1 is 1.09 bits per heavy atom. The van der Waals surface area contributed by atoms with Crippen LogP contribution < -0.4 is 4.90 Å². The van der Waals surface area contributed by atoms with E-state index in [1.54, 1.807) is 4.90 Å². The third-order valence-corrected chi connectivity index (χ3v) is 3.84. The van der Waals surface area contributed by atoms with Gasteiger partial charge in [-0.15, -0.1) is 0 Å². The highest BCUT2D eigenvalue weighted by Crippen LogP contribution is 2.20. The number of amides is 3. The van der Waals surface area contributed by atoms with E-state index >= 15 is 0 Å². The van der Waals surface area contributed by atoms with Crippen molar-refractivity contribution in [1.82, 2.24) is 4.90 Å². The number of carbonyl (C=O) groups is 3. The van der Waals surface area contributed by atoms with Crippen LogP contribution in [-0.2, 0) is 14.4 Å². The van der Waals surface area contributed by atoms with Crippen LogP contribution in [0.2, 0.25) is 0 Å². The molecular formula is C17H22N2O3. The number of imide groups is 1. The molecule has 118 valence electrons. The highest BCUT2D eigenvalue weighted by Gasteiger charge is 2.29. The van der Waals surface area contributed by atoms with Crippen LogP contribution in [0, 0.1) is 13.8 Å². The van der Waals surface area contributed by atoms with Gasteiger partial charge in [0.05, 0.1) is 0 Å². The van der Waals surface area contributed by atoms with Gasteiger partial charge in [-0.1, -0.05) is 6.07 Å². The monoisotopic (exact) mass is 302 g/mol. The van der Waals surface area contributed by atoms with E-state index in [2.05, 4.69) is 6.07 Å². The summed E-state index contributed by atoms with van der Waals surface area (Å²) >= 11 is 0. The summed E-state index contributed by atoms with van der Waals surface area (Å²) in [5.41, 5.74) is 3.07. The molecule has 1 aliphatic heterocycles. The van der Waals surface area contributed by atoms with Crippen molar-refractivity contribution in [3.8, 4) is 0 Å². The molecule has 0 bridgehead atoms. The molecular weight excluding hydrogens is 280 g/mol. The van der Waals surface area contributed by atoms with Gasteiger partial charge in [0, 0.05) is 38.0 Å². The number of anilines is 1. The normalized spacial score (nSPS) is 14.6. The first-order valence-corrected chi connectivity index (χ1v) is 7.64. The van der Waals surface area contributed by atoms with Crippen molar-refractivity contribution < 1.29 is 14.4 Å². The number of nitrogens with zero attached hydrogens (tertiary/aromatic N) is 2. The lowest BCUT2D eigenvalue weighted by atomic mass is 10.1. The van der Waals surface area contributed by atoms with Crippen molar-refractivity contribution in [2.45, 2.75) is 40.0 Å². The lowest BCUT2D eigenvalue weighted by Crippen LogP contribution is -2.36. The van der Waals surface area contributed by atoms with E-state index in [1.807, 2.05) is 32.9 Å². The van der Waals surface area contributed by atoms with E-state index in [9.17, 15) is 14.4 Å². The molecule has 0 N–H and O–H groups in total. The number of hydrogen-bond acceptors (Lipinski definition) is 3. The number of benzene rings is 1. The SMILES string of the molecule is CCN(C(=O)CCN1C(=O)CCC1=O)c1cc(C)cc(C)c1. The fourth-order valence-corrected chi connectivity index (χ4v) is 2.82. The number of aryl methyl sites for hydroxylation is 2. The lowest BCUT2D eigenvalue weighted by molar-refractivity contribution is -0.138. The fraction of sp³-hybridized carbons (Fsp3) is 0.471. The fourth-order valence-electron chi connectivity index (χ4n) is 2.82. The summed E-state index contributed by atoms with van der Waals surface area (Å²) in [5, 5.41) is 0. The maximum Gasteiger partial charge on any atom is 0.229 e. The van der Waals surface area contributed by atoms with E-state index in [0.717, 1.165) is 16.8 Å². The first kappa shape index (κ1) is 16.2. The van der Waals surface area contributed by atoms with Crippen LogP contribution in [0.4, 0.5) is 5.69 Å². The molecule has 2 rings (SSSR count).